The molecule has 4 nitrogen and oxygen atoms in total. The summed E-state index contributed by atoms with van der Waals surface area (Å²) in [6, 6.07) is -0.518. The maximum atomic E-state index is 11.2. The van der Waals surface area contributed by atoms with Gasteiger partial charge in [0.15, 0.2) is 0 Å². The van der Waals surface area contributed by atoms with Crippen LogP contribution in [-0.2, 0) is 14.3 Å². The van der Waals surface area contributed by atoms with E-state index in [0.29, 0.717) is 12.8 Å². The van der Waals surface area contributed by atoms with Gasteiger partial charge in [-0.15, -0.1) is 12.3 Å². The molecule has 1 N–H and O–H groups in total. The highest BCUT2D eigenvalue weighted by atomic mass is 16.5. The summed E-state index contributed by atoms with van der Waals surface area (Å²) in [6.07, 6.45) is 5.89. The van der Waals surface area contributed by atoms with Gasteiger partial charge in [-0.25, -0.2) is 4.79 Å². The number of nitrogens with one attached hydrogen (secondary N) is 1. The fraction of sp³-hybridized carbons (Fsp3) is 0.556. The maximum absolute atomic E-state index is 11.2. The molecule has 1 aliphatic heterocycles. The zero-order valence-electron chi connectivity index (χ0n) is 7.37. The molecular formula is C9H11NO3. The summed E-state index contributed by atoms with van der Waals surface area (Å²) in [5, 5.41) is 2.53. The topological polar surface area (TPSA) is 55.4 Å². The Morgan fingerprint density at radius 2 is 2.54 bits per heavy atom. The van der Waals surface area contributed by atoms with E-state index in [9.17, 15) is 9.59 Å². The van der Waals surface area contributed by atoms with Gasteiger partial charge in [-0.3, -0.25) is 4.79 Å². The smallest absolute Gasteiger partial charge is 0.328 e. The predicted octanol–water partition coefficient (Wildman–Crippen LogP) is -0.313. The van der Waals surface area contributed by atoms with Crippen LogP contribution in [0.4, 0.5) is 0 Å². The summed E-state index contributed by atoms with van der Waals surface area (Å²) in [5.74, 6) is 1.59. The number of amides is 1. The van der Waals surface area contributed by atoms with Crippen molar-refractivity contribution in [3.8, 4) is 12.3 Å². The first-order chi connectivity index (χ1) is 6.19. The monoisotopic (exact) mass is 181 g/mol. The van der Waals surface area contributed by atoms with Crippen LogP contribution in [0.3, 0.4) is 0 Å². The summed E-state index contributed by atoms with van der Waals surface area (Å²) in [5.41, 5.74) is 0. The summed E-state index contributed by atoms with van der Waals surface area (Å²) in [7, 11) is 1.29. The van der Waals surface area contributed by atoms with E-state index >= 15 is 0 Å². The van der Waals surface area contributed by atoms with Crippen molar-refractivity contribution in [2.75, 3.05) is 7.11 Å². The van der Waals surface area contributed by atoms with Crippen LogP contribution in [0.25, 0.3) is 0 Å². The normalized spacial score (nSPS) is 26.3. The average molecular weight is 181 g/mol. The van der Waals surface area contributed by atoms with E-state index in [2.05, 4.69) is 16.0 Å². The molecular weight excluding hydrogens is 170 g/mol. The van der Waals surface area contributed by atoms with Gasteiger partial charge < -0.3 is 10.1 Å². The van der Waals surface area contributed by atoms with Crippen molar-refractivity contribution in [3.05, 3.63) is 0 Å². The van der Waals surface area contributed by atoms with Gasteiger partial charge >= 0.3 is 5.97 Å². The molecule has 1 rings (SSSR count). The Kier molecular flexibility index (Phi) is 2.91. The Balaban J connectivity index is 2.55. The van der Waals surface area contributed by atoms with Crippen LogP contribution in [-0.4, -0.2) is 25.0 Å². The fourth-order valence-corrected chi connectivity index (χ4v) is 1.36. The summed E-state index contributed by atoms with van der Waals surface area (Å²) < 4.78 is 4.50. The largest absolute Gasteiger partial charge is 0.467 e. The third-order valence-corrected chi connectivity index (χ3v) is 2.06. The van der Waals surface area contributed by atoms with Gasteiger partial charge in [0.05, 0.1) is 13.0 Å². The lowest BCUT2D eigenvalue weighted by atomic mass is 10.0. The lowest BCUT2D eigenvalue weighted by Crippen LogP contribution is -2.34. The SMILES string of the molecule is C#CC[C@H]1C[C@@H](C(=O)OC)NC1=O. The molecule has 0 aromatic carbocycles. The van der Waals surface area contributed by atoms with Crippen LogP contribution in [0.15, 0.2) is 0 Å². The molecule has 1 saturated heterocycles. The molecule has 1 aliphatic rings. The van der Waals surface area contributed by atoms with Crippen LogP contribution >= 0.6 is 0 Å². The molecule has 0 bridgehead atoms. The Labute approximate surface area is 76.6 Å². The van der Waals surface area contributed by atoms with Crippen LogP contribution in [0.1, 0.15) is 12.8 Å². The van der Waals surface area contributed by atoms with E-state index in [4.69, 9.17) is 6.42 Å². The second-order valence-corrected chi connectivity index (χ2v) is 2.93. The molecule has 1 amide bonds. The summed E-state index contributed by atoms with van der Waals surface area (Å²) in [4.78, 5) is 22.2. The van der Waals surface area contributed by atoms with Gasteiger partial charge in [-0.2, -0.15) is 0 Å². The highest BCUT2D eigenvalue weighted by molar-refractivity contribution is 5.89. The van der Waals surface area contributed by atoms with Gasteiger partial charge in [0.1, 0.15) is 6.04 Å². The molecule has 4 heteroatoms. The van der Waals surface area contributed by atoms with E-state index < -0.39 is 12.0 Å². The molecule has 1 fully saturated rings. The number of carbonyl (C=O) groups excluding carboxylic acids is 2. The lowest BCUT2D eigenvalue weighted by molar-refractivity contribution is -0.143. The minimum absolute atomic E-state index is 0.159. The Hall–Kier alpha value is -1.50. The van der Waals surface area contributed by atoms with Gasteiger partial charge in [0.2, 0.25) is 5.91 Å². The van der Waals surface area contributed by atoms with E-state index in [1.807, 2.05) is 0 Å². The van der Waals surface area contributed by atoms with Crippen LogP contribution in [0.2, 0.25) is 0 Å². The summed E-state index contributed by atoms with van der Waals surface area (Å²) >= 11 is 0. The quantitative estimate of drug-likeness (QED) is 0.469. The second kappa shape index (κ2) is 3.94. The highest BCUT2D eigenvalue weighted by Gasteiger charge is 2.35. The van der Waals surface area contributed by atoms with Crippen molar-refractivity contribution in [1.29, 1.82) is 0 Å². The molecule has 0 spiro atoms. The fourth-order valence-electron chi connectivity index (χ4n) is 1.36. The molecule has 0 aromatic rings. The molecule has 13 heavy (non-hydrogen) atoms. The minimum atomic E-state index is -0.518. The van der Waals surface area contributed by atoms with E-state index in [1.54, 1.807) is 0 Å². The summed E-state index contributed by atoms with van der Waals surface area (Å²) in [6.45, 7) is 0. The first kappa shape index (κ1) is 9.59. The Bertz CT molecular complexity index is 267. The van der Waals surface area contributed by atoms with Gasteiger partial charge in [0.25, 0.3) is 0 Å². The van der Waals surface area contributed by atoms with Crippen LogP contribution in [0.5, 0.6) is 0 Å². The zero-order valence-corrected chi connectivity index (χ0v) is 7.37. The number of methoxy groups -OCH3 is 1. The number of carbonyl (C=O) groups is 2. The number of hydrogen-bond acceptors (Lipinski definition) is 3. The molecule has 0 unspecified atom stereocenters. The molecule has 2 atom stereocenters. The van der Waals surface area contributed by atoms with E-state index in [-0.39, 0.29) is 11.8 Å². The number of terminal acetylenes is 1. The first-order valence-corrected chi connectivity index (χ1v) is 4.00. The average Bonchev–Trinajstić information content (AvgIpc) is 2.47. The second-order valence-electron chi connectivity index (χ2n) is 2.93. The van der Waals surface area contributed by atoms with Crippen molar-refractivity contribution in [3.63, 3.8) is 0 Å². The standard InChI is InChI=1S/C9H11NO3/c1-3-4-6-5-7(9(12)13-2)10-8(6)11/h1,6-7H,4-5H2,2H3,(H,10,11)/t6-,7-/m0/s1. The first-order valence-electron chi connectivity index (χ1n) is 4.00. The third kappa shape index (κ3) is 2.00. The molecule has 0 aromatic heterocycles. The van der Waals surface area contributed by atoms with Crippen molar-refractivity contribution in [2.24, 2.45) is 5.92 Å². The van der Waals surface area contributed by atoms with Gasteiger partial charge in [-0.1, -0.05) is 0 Å². The maximum Gasteiger partial charge on any atom is 0.328 e. The van der Waals surface area contributed by atoms with E-state index in [1.165, 1.54) is 7.11 Å². The molecule has 0 radical (unpaired) electrons. The van der Waals surface area contributed by atoms with Crippen molar-refractivity contribution in [2.45, 2.75) is 18.9 Å². The molecule has 70 valence electrons. The zero-order chi connectivity index (χ0) is 9.84. The van der Waals surface area contributed by atoms with Crippen molar-refractivity contribution in [1.82, 2.24) is 5.32 Å². The number of esters is 1. The minimum Gasteiger partial charge on any atom is -0.467 e. The lowest BCUT2D eigenvalue weighted by Gasteiger charge is -2.05. The highest BCUT2D eigenvalue weighted by Crippen LogP contribution is 2.18. The Morgan fingerprint density at radius 3 is 3.08 bits per heavy atom. The van der Waals surface area contributed by atoms with Crippen molar-refractivity contribution < 1.29 is 14.3 Å². The third-order valence-electron chi connectivity index (χ3n) is 2.06. The number of hydrogen-bond donors (Lipinski definition) is 1. The Morgan fingerprint density at radius 1 is 1.85 bits per heavy atom. The number of rotatable bonds is 2. The molecule has 1 heterocycles. The number of ether oxygens (including phenoxy) is 1. The van der Waals surface area contributed by atoms with E-state index in [0.717, 1.165) is 0 Å². The van der Waals surface area contributed by atoms with Crippen molar-refractivity contribution >= 4 is 11.9 Å². The van der Waals surface area contributed by atoms with Gasteiger partial charge in [-0.05, 0) is 6.42 Å². The predicted molar refractivity (Wildman–Crippen MR) is 45.5 cm³/mol. The van der Waals surface area contributed by atoms with Gasteiger partial charge in [0, 0.05) is 6.42 Å². The van der Waals surface area contributed by atoms with Crippen LogP contribution in [0, 0.1) is 18.3 Å². The van der Waals surface area contributed by atoms with Crippen LogP contribution < -0.4 is 5.32 Å². The molecule has 0 saturated carbocycles. The molecule has 0 aliphatic carbocycles.